The third-order valence-electron chi connectivity index (χ3n) is 3.61. The van der Waals surface area contributed by atoms with Crippen LogP contribution >= 0.6 is 15.9 Å². The molecule has 1 unspecified atom stereocenters. The second kappa shape index (κ2) is 4.40. The first-order valence-corrected chi connectivity index (χ1v) is 6.66. The summed E-state index contributed by atoms with van der Waals surface area (Å²) in [5.74, 6) is -0.234. The lowest BCUT2D eigenvalue weighted by molar-refractivity contribution is -0.117. The predicted molar refractivity (Wildman–Crippen MR) is 74.2 cm³/mol. The van der Waals surface area contributed by atoms with E-state index in [1.165, 1.54) is 0 Å². The zero-order valence-electron chi connectivity index (χ0n) is 10.7. The van der Waals surface area contributed by atoms with Gasteiger partial charge >= 0.3 is 0 Å². The van der Waals surface area contributed by atoms with Crippen LogP contribution in [-0.4, -0.2) is 11.4 Å². The molecule has 1 heterocycles. The van der Waals surface area contributed by atoms with Gasteiger partial charge in [0.1, 0.15) is 0 Å². The van der Waals surface area contributed by atoms with Crippen molar-refractivity contribution >= 4 is 27.5 Å². The highest BCUT2D eigenvalue weighted by atomic mass is 79.9. The minimum Gasteiger partial charge on any atom is -0.305 e. The van der Waals surface area contributed by atoms with E-state index in [1.54, 1.807) is 4.90 Å². The minimum absolute atomic E-state index is 0.0215. The van der Waals surface area contributed by atoms with Crippen LogP contribution in [0.25, 0.3) is 0 Å². The number of anilines is 1. The Kier molecular flexibility index (Phi) is 3.20. The number of carbonyl (C=O) groups is 1. The molecule has 4 heteroatoms. The Balaban J connectivity index is 2.47. The summed E-state index contributed by atoms with van der Waals surface area (Å²) in [5.41, 5.74) is 1.49. The molecule has 1 aliphatic rings. The fraction of sp³-hybridized carbons (Fsp3) is 0.429. The summed E-state index contributed by atoms with van der Waals surface area (Å²) in [5, 5.41) is 9.15. The summed E-state index contributed by atoms with van der Waals surface area (Å²) < 4.78 is 1.02. The molecule has 1 atom stereocenters. The summed E-state index contributed by atoms with van der Waals surface area (Å²) in [6.45, 7) is 5.88. The molecule has 1 aliphatic heterocycles. The number of nitriles is 1. The van der Waals surface area contributed by atoms with Gasteiger partial charge in [-0.25, -0.2) is 0 Å². The van der Waals surface area contributed by atoms with E-state index in [9.17, 15) is 4.79 Å². The van der Waals surface area contributed by atoms with Gasteiger partial charge in [-0.3, -0.25) is 4.79 Å². The number of hydrogen-bond acceptors (Lipinski definition) is 2. The van der Waals surface area contributed by atoms with Crippen molar-refractivity contribution in [3.63, 3.8) is 0 Å². The molecule has 0 bridgehead atoms. The molecule has 0 N–H and O–H groups in total. The van der Waals surface area contributed by atoms with Crippen molar-refractivity contribution in [3.05, 3.63) is 28.2 Å². The van der Waals surface area contributed by atoms with Gasteiger partial charge in [-0.15, -0.1) is 0 Å². The number of rotatable bonds is 1. The molecule has 1 fully saturated rings. The molecular formula is C14H15BrN2O. The first-order chi connectivity index (χ1) is 8.37. The van der Waals surface area contributed by atoms with Crippen LogP contribution in [0.3, 0.4) is 0 Å². The number of aryl methyl sites for hydroxylation is 1. The highest BCUT2D eigenvalue weighted by Gasteiger charge is 2.47. The first-order valence-electron chi connectivity index (χ1n) is 5.86. The van der Waals surface area contributed by atoms with Gasteiger partial charge in [0.15, 0.2) is 0 Å². The zero-order valence-corrected chi connectivity index (χ0v) is 12.3. The Morgan fingerprint density at radius 2 is 2.17 bits per heavy atom. The van der Waals surface area contributed by atoms with Crippen LogP contribution in [0.4, 0.5) is 5.69 Å². The van der Waals surface area contributed by atoms with Gasteiger partial charge in [0.05, 0.1) is 17.5 Å². The van der Waals surface area contributed by atoms with E-state index in [0.29, 0.717) is 6.42 Å². The van der Waals surface area contributed by atoms with Crippen LogP contribution < -0.4 is 4.90 Å². The predicted octanol–water partition coefficient (Wildman–Crippen LogP) is 3.41. The van der Waals surface area contributed by atoms with Crippen molar-refractivity contribution in [3.8, 4) is 6.07 Å². The Hall–Kier alpha value is -1.34. The maximum absolute atomic E-state index is 12.1. The summed E-state index contributed by atoms with van der Waals surface area (Å²) in [6, 6.07) is 8.07. The van der Waals surface area contributed by atoms with Crippen LogP contribution in [-0.2, 0) is 4.79 Å². The van der Waals surface area contributed by atoms with Crippen LogP contribution in [0.15, 0.2) is 22.7 Å². The summed E-state index contributed by atoms with van der Waals surface area (Å²) >= 11 is 3.45. The smallest absolute Gasteiger partial charge is 0.228 e. The van der Waals surface area contributed by atoms with Crippen LogP contribution in [0, 0.1) is 24.2 Å². The van der Waals surface area contributed by atoms with Crippen molar-refractivity contribution < 1.29 is 4.79 Å². The lowest BCUT2D eigenvalue weighted by Crippen LogP contribution is -2.44. The molecule has 18 heavy (non-hydrogen) atoms. The van der Waals surface area contributed by atoms with Crippen molar-refractivity contribution in [2.75, 3.05) is 4.90 Å². The van der Waals surface area contributed by atoms with E-state index < -0.39 is 5.54 Å². The molecule has 94 valence electrons. The molecule has 2 rings (SSSR count). The lowest BCUT2D eigenvalue weighted by atomic mass is 9.89. The van der Waals surface area contributed by atoms with Crippen molar-refractivity contribution in [2.24, 2.45) is 5.92 Å². The summed E-state index contributed by atoms with van der Waals surface area (Å²) in [4.78, 5) is 13.9. The van der Waals surface area contributed by atoms with E-state index >= 15 is 0 Å². The Morgan fingerprint density at radius 1 is 1.50 bits per heavy atom. The van der Waals surface area contributed by atoms with Gasteiger partial charge in [-0.1, -0.05) is 15.9 Å². The Morgan fingerprint density at radius 3 is 2.67 bits per heavy atom. The van der Waals surface area contributed by atoms with E-state index in [4.69, 9.17) is 5.26 Å². The molecule has 0 saturated carbocycles. The molecule has 1 aromatic rings. The zero-order chi connectivity index (χ0) is 13.5. The maximum atomic E-state index is 12.1. The number of halogens is 1. The number of nitrogens with zero attached hydrogens (tertiary/aromatic N) is 2. The van der Waals surface area contributed by atoms with Gasteiger partial charge in [0.2, 0.25) is 5.91 Å². The van der Waals surface area contributed by atoms with Crippen molar-refractivity contribution in [2.45, 2.75) is 32.7 Å². The molecule has 1 saturated heterocycles. The normalized spacial score (nSPS) is 22.1. The van der Waals surface area contributed by atoms with E-state index in [1.807, 2.05) is 39.0 Å². The van der Waals surface area contributed by atoms with Gasteiger partial charge < -0.3 is 4.90 Å². The minimum atomic E-state index is -0.452. The molecule has 1 amide bonds. The van der Waals surface area contributed by atoms with E-state index in [2.05, 4.69) is 22.0 Å². The topological polar surface area (TPSA) is 44.1 Å². The molecule has 1 aromatic carbocycles. The monoisotopic (exact) mass is 306 g/mol. The Labute approximate surface area is 116 Å². The fourth-order valence-electron chi connectivity index (χ4n) is 2.44. The van der Waals surface area contributed by atoms with Crippen molar-refractivity contribution in [1.29, 1.82) is 5.26 Å². The number of amides is 1. The molecule has 0 radical (unpaired) electrons. The number of carbonyl (C=O) groups excluding carboxylic acids is 1. The maximum Gasteiger partial charge on any atom is 0.228 e. The van der Waals surface area contributed by atoms with Crippen LogP contribution in [0.2, 0.25) is 0 Å². The quantitative estimate of drug-likeness (QED) is 0.798. The first kappa shape index (κ1) is 13.1. The highest BCUT2D eigenvalue weighted by Crippen LogP contribution is 2.39. The van der Waals surface area contributed by atoms with Gasteiger partial charge in [-0.2, -0.15) is 5.26 Å². The standard InChI is InChI=1S/C14H15BrN2O/c1-9-6-11(4-5-12(9)15)17-13(18)7-10(8-16)14(17,2)3/h4-6,10H,7H2,1-3H3. The van der Waals surface area contributed by atoms with E-state index in [0.717, 1.165) is 15.7 Å². The number of hydrogen-bond donors (Lipinski definition) is 0. The second-order valence-corrected chi connectivity index (χ2v) is 6.06. The van der Waals surface area contributed by atoms with E-state index in [-0.39, 0.29) is 11.8 Å². The SMILES string of the molecule is Cc1cc(N2C(=O)CC(C#N)C2(C)C)ccc1Br. The highest BCUT2D eigenvalue weighted by molar-refractivity contribution is 9.10. The van der Waals surface area contributed by atoms with Crippen LogP contribution in [0.5, 0.6) is 0 Å². The van der Waals surface area contributed by atoms with Crippen LogP contribution in [0.1, 0.15) is 25.8 Å². The summed E-state index contributed by atoms with van der Waals surface area (Å²) in [7, 11) is 0. The number of benzene rings is 1. The van der Waals surface area contributed by atoms with Gasteiger partial charge in [0, 0.05) is 16.6 Å². The Bertz CT molecular complexity index is 545. The average Bonchev–Trinajstić information content (AvgIpc) is 2.52. The molecule has 3 nitrogen and oxygen atoms in total. The lowest BCUT2D eigenvalue weighted by Gasteiger charge is -2.33. The fourth-order valence-corrected chi connectivity index (χ4v) is 2.69. The largest absolute Gasteiger partial charge is 0.305 e. The third-order valence-corrected chi connectivity index (χ3v) is 4.50. The van der Waals surface area contributed by atoms with Crippen molar-refractivity contribution in [1.82, 2.24) is 0 Å². The van der Waals surface area contributed by atoms with Gasteiger partial charge in [-0.05, 0) is 44.5 Å². The second-order valence-electron chi connectivity index (χ2n) is 5.20. The molecule has 0 spiro atoms. The molecule has 0 aliphatic carbocycles. The molecular weight excluding hydrogens is 292 g/mol. The molecule has 0 aromatic heterocycles. The van der Waals surface area contributed by atoms with Gasteiger partial charge in [0.25, 0.3) is 0 Å². The third kappa shape index (κ3) is 1.93. The average molecular weight is 307 g/mol. The summed E-state index contributed by atoms with van der Waals surface area (Å²) in [6.07, 6.45) is 0.304.